The molecule has 0 N–H and O–H groups in total. The summed E-state index contributed by atoms with van der Waals surface area (Å²) in [5, 5.41) is 4.16. The molecule has 0 amide bonds. The maximum absolute atomic E-state index is 4.16. The van der Waals surface area contributed by atoms with Crippen molar-refractivity contribution in [1.82, 2.24) is 14.8 Å². The Morgan fingerprint density at radius 2 is 2.00 bits per heavy atom. The summed E-state index contributed by atoms with van der Waals surface area (Å²) in [4.78, 5) is 4.16. The van der Waals surface area contributed by atoms with E-state index >= 15 is 0 Å². The molecule has 0 unspecified atom stereocenters. The molecule has 0 fully saturated rings. The van der Waals surface area contributed by atoms with Crippen molar-refractivity contribution < 1.29 is 0 Å². The molecular formula is C10H11N3. The van der Waals surface area contributed by atoms with Gasteiger partial charge in [0, 0.05) is 6.42 Å². The molecule has 1 aromatic carbocycles. The smallest absolute Gasteiger partial charge is 0.138 e. The van der Waals surface area contributed by atoms with Crippen molar-refractivity contribution in [2.45, 2.75) is 13.3 Å². The van der Waals surface area contributed by atoms with E-state index in [0.29, 0.717) is 0 Å². The third-order valence-electron chi connectivity index (χ3n) is 1.94. The molecule has 3 nitrogen and oxygen atoms in total. The van der Waals surface area contributed by atoms with E-state index in [1.165, 1.54) is 0 Å². The van der Waals surface area contributed by atoms with Crippen molar-refractivity contribution in [2.24, 2.45) is 0 Å². The SMILES string of the molecule is CCc1ncnn1-c1ccccc1. The van der Waals surface area contributed by atoms with E-state index in [1.54, 1.807) is 6.33 Å². The van der Waals surface area contributed by atoms with Gasteiger partial charge in [0.2, 0.25) is 0 Å². The van der Waals surface area contributed by atoms with Crippen LogP contribution in [-0.4, -0.2) is 14.8 Å². The standard InChI is InChI=1S/C10H11N3/c1-2-10-11-8-12-13(10)9-6-4-3-5-7-9/h3-8H,2H2,1H3. The van der Waals surface area contributed by atoms with Gasteiger partial charge in [0.15, 0.2) is 0 Å². The molecule has 0 atom stereocenters. The summed E-state index contributed by atoms with van der Waals surface area (Å²) >= 11 is 0. The van der Waals surface area contributed by atoms with Crippen LogP contribution in [0.4, 0.5) is 0 Å². The highest BCUT2D eigenvalue weighted by atomic mass is 15.3. The minimum atomic E-state index is 0.898. The zero-order valence-electron chi connectivity index (χ0n) is 7.51. The largest absolute Gasteiger partial charge is 0.220 e. The second kappa shape index (κ2) is 3.39. The molecule has 2 rings (SSSR count). The number of aryl methyl sites for hydroxylation is 1. The summed E-state index contributed by atoms with van der Waals surface area (Å²) in [5.74, 6) is 0.992. The van der Waals surface area contributed by atoms with Gasteiger partial charge in [-0.3, -0.25) is 0 Å². The Morgan fingerprint density at radius 3 is 2.69 bits per heavy atom. The van der Waals surface area contributed by atoms with Crippen molar-refractivity contribution in [3.05, 3.63) is 42.5 Å². The first-order valence-electron chi connectivity index (χ1n) is 4.36. The van der Waals surface area contributed by atoms with Gasteiger partial charge in [0.25, 0.3) is 0 Å². The number of hydrogen-bond acceptors (Lipinski definition) is 2. The number of aromatic nitrogens is 3. The van der Waals surface area contributed by atoms with Crippen molar-refractivity contribution >= 4 is 0 Å². The van der Waals surface area contributed by atoms with E-state index in [4.69, 9.17) is 0 Å². The first kappa shape index (κ1) is 7.98. The number of benzene rings is 1. The van der Waals surface area contributed by atoms with Gasteiger partial charge in [-0.05, 0) is 12.1 Å². The molecular weight excluding hydrogens is 162 g/mol. The second-order valence-electron chi connectivity index (χ2n) is 2.78. The lowest BCUT2D eigenvalue weighted by molar-refractivity contribution is 0.801. The predicted octanol–water partition coefficient (Wildman–Crippen LogP) is 1.83. The lowest BCUT2D eigenvalue weighted by Gasteiger charge is -2.02. The van der Waals surface area contributed by atoms with Crippen LogP contribution in [0.2, 0.25) is 0 Å². The Balaban J connectivity index is 2.47. The number of nitrogens with zero attached hydrogens (tertiary/aromatic N) is 3. The summed E-state index contributed by atoms with van der Waals surface area (Å²) in [7, 11) is 0. The second-order valence-corrected chi connectivity index (χ2v) is 2.78. The Morgan fingerprint density at radius 1 is 1.23 bits per heavy atom. The van der Waals surface area contributed by atoms with E-state index in [2.05, 4.69) is 17.0 Å². The lowest BCUT2D eigenvalue weighted by Crippen LogP contribution is -2.01. The number of hydrogen-bond donors (Lipinski definition) is 0. The van der Waals surface area contributed by atoms with E-state index in [0.717, 1.165) is 17.9 Å². The normalized spacial score (nSPS) is 10.2. The van der Waals surface area contributed by atoms with Gasteiger partial charge in [-0.15, -0.1) is 0 Å². The number of para-hydroxylation sites is 1. The molecule has 0 saturated heterocycles. The van der Waals surface area contributed by atoms with E-state index in [-0.39, 0.29) is 0 Å². The first-order valence-corrected chi connectivity index (χ1v) is 4.36. The lowest BCUT2D eigenvalue weighted by atomic mass is 10.3. The summed E-state index contributed by atoms with van der Waals surface area (Å²) in [6, 6.07) is 10.0. The molecule has 0 radical (unpaired) electrons. The molecule has 66 valence electrons. The third kappa shape index (κ3) is 1.45. The predicted molar refractivity (Wildman–Crippen MR) is 50.7 cm³/mol. The Labute approximate surface area is 77.0 Å². The van der Waals surface area contributed by atoms with E-state index in [9.17, 15) is 0 Å². The Bertz CT molecular complexity index is 378. The zero-order valence-corrected chi connectivity index (χ0v) is 7.51. The number of rotatable bonds is 2. The average Bonchev–Trinajstić information content (AvgIpc) is 2.67. The van der Waals surface area contributed by atoms with Crippen LogP contribution in [0, 0.1) is 0 Å². The van der Waals surface area contributed by atoms with Crippen LogP contribution in [-0.2, 0) is 6.42 Å². The fraction of sp³-hybridized carbons (Fsp3) is 0.200. The van der Waals surface area contributed by atoms with Crippen molar-refractivity contribution in [3.63, 3.8) is 0 Å². The summed E-state index contributed by atoms with van der Waals surface area (Å²) in [6.07, 6.45) is 2.49. The molecule has 0 spiro atoms. The van der Waals surface area contributed by atoms with E-state index < -0.39 is 0 Å². The van der Waals surface area contributed by atoms with Gasteiger partial charge in [-0.1, -0.05) is 25.1 Å². The van der Waals surface area contributed by atoms with Gasteiger partial charge in [0.05, 0.1) is 5.69 Å². The monoisotopic (exact) mass is 173 g/mol. The first-order chi connectivity index (χ1) is 6.42. The maximum atomic E-state index is 4.16. The van der Waals surface area contributed by atoms with Gasteiger partial charge in [-0.25, -0.2) is 9.67 Å². The molecule has 0 aliphatic rings. The highest BCUT2D eigenvalue weighted by Crippen LogP contribution is 2.07. The Kier molecular flexibility index (Phi) is 2.08. The van der Waals surface area contributed by atoms with Crippen LogP contribution in [0.25, 0.3) is 5.69 Å². The summed E-state index contributed by atoms with van der Waals surface area (Å²) in [6.45, 7) is 2.07. The van der Waals surface area contributed by atoms with Crippen LogP contribution in [0.5, 0.6) is 0 Å². The molecule has 1 aromatic heterocycles. The highest BCUT2D eigenvalue weighted by Gasteiger charge is 2.02. The highest BCUT2D eigenvalue weighted by molar-refractivity contribution is 5.30. The molecule has 0 bridgehead atoms. The minimum Gasteiger partial charge on any atom is -0.220 e. The van der Waals surface area contributed by atoms with Crippen molar-refractivity contribution in [2.75, 3.05) is 0 Å². The van der Waals surface area contributed by atoms with E-state index in [1.807, 2.05) is 35.0 Å². The quantitative estimate of drug-likeness (QED) is 0.693. The van der Waals surface area contributed by atoms with Crippen molar-refractivity contribution in [1.29, 1.82) is 0 Å². The fourth-order valence-electron chi connectivity index (χ4n) is 1.29. The summed E-state index contributed by atoms with van der Waals surface area (Å²) in [5.41, 5.74) is 1.07. The van der Waals surface area contributed by atoms with Gasteiger partial charge in [0.1, 0.15) is 12.2 Å². The summed E-state index contributed by atoms with van der Waals surface area (Å²) < 4.78 is 1.86. The maximum Gasteiger partial charge on any atom is 0.138 e. The van der Waals surface area contributed by atoms with Crippen LogP contribution in [0.15, 0.2) is 36.7 Å². The van der Waals surface area contributed by atoms with Crippen LogP contribution < -0.4 is 0 Å². The Hall–Kier alpha value is -1.64. The third-order valence-corrected chi connectivity index (χ3v) is 1.94. The molecule has 13 heavy (non-hydrogen) atoms. The van der Waals surface area contributed by atoms with Crippen LogP contribution in [0.1, 0.15) is 12.7 Å². The molecule has 3 heteroatoms. The molecule has 0 aliphatic heterocycles. The molecule has 0 saturated carbocycles. The van der Waals surface area contributed by atoms with Crippen LogP contribution >= 0.6 is 0 Å². The van der Waals surface area contributed by atoms with Gasteiger partial charge < -0.3 is 0 Å². The van der Waals surface area contributed by atoms with Gasteiger partial charge in [-0.2, -0.15) is 5.10 Å². The average molecular weight is 173 g/mol. The molecule has 1 heterocycles. The van der Waals surface area contributed by atoms with Crippen LogP contribution in [0.3, 0.4) is 0 Å². The fourth-order valence-corrected chi connectivity index (χ4v) is 1.29. The zero-order chi connectivity index (χ0) is 9.10. The topological polar surface area (TPSA) is 30.7 Å². The van der Waals surface area contributed by atoms with Gasteiger partial charge >= 0.3 is 0 Å². The molecule has 0 aliphatic carbocycles. The molecule has 2 aromatic rings. The minimum absolute atomic E-state index is 0.898. The van der Waals surface area contributed by atoms with Crippen molar-refractivity contribution in [3.8, 4) is 5.69 Å².